The summed E-state index contributed by atoms with van der Waals surface area (Å²) in [5.41, 5.74) is -0.266. The van der Waals surface area contributed by atoms with Crippen LogP contribution < -0.4 is 0 Å². The summed E-state index contributed by atoms with van der Waals surface area (Å²) < 4.78 is 12.3. The number of esters is 1. The molecule has 8 atom stereocenters. The first-order valence-corrected chi connectivity index (χ1v) is 15.6. The van der Waals surface area contributed by atoms with E-state index in [1.165, 1.54) is 0 Å². The third-order valence-electron chi connectivity index (χ3n) is 9.00. The van der Waals surface area contributed by atoms with Crippen LogP contribution in [0.5, 0.6) is 0 Å². The fourth-order valence-corrected chi connectivity index (χ4v) is 7.76. The van der Waals surface area contributed by atoms with E-state index in [9.17, 15) is 19.5 Å². The van der Waals surface area contributed by atoms with E-state index in [1.807, 2.05) is 50.3 Å². The van der Waals surface area contributed by atoms with Gasteiger partial charge >= 0.3 is 5.97 Å². The Morgan fingerprint density at radius 3 is 2.63 bits per heavy atom. The minimum absolute atomic E-state index is 0.0799. The van der Waals surface area contributed by atoms with Crippen LogP contribution >= 0.6 is 15.9 Å². The van der Waals surface area contributed by atoms with Crippen molar-refractivity contribution in [3.05, 3.63) is 61.2 Å². The highest BCUT2D eigenvalue weighted by Gasteiger charge is 2.77. The first-order valence-electron chi connectivity index (χ1n) is 14.7. The predicted octanol–water partition coefficient (Wildman–Crippen LogP) is 4.26. The highest BCUT2D eigenvalue weighted by molar-refractivity contribution is 9.09. The van der Waals surface area contributed by atoms with Crippen LogP contribution in [0.2, 0.25) is 0 Å². The minimum Gasteiger partial charge on any atom is -0.465 e. The average Bonchev–Trinajstić information content (AvgIpc) is 3.56. The van der Waals surface area contributed by atoms with E-state index in [0.717, 1.165) is 18.4 Å². The van der Waals surface area contributed by atoms with Gasteiger partial charge in [-0.1, -0.05) is 78.7 Å². The Morgan fingerprint density at radius 1 is 1.27 bits per heavy atom. The number of hydrogen-bond donors (Lipinski definition) is 1. The number of alkyl halides is 1. The molecule has 2 amide bonds. The second-order valence-corrected chi connectivity index (χ2v) is 12.7. The van der Waals surface area contributed by atoms with Gasteiger partial charge in [-0.3, -0.25) is 14.4 Å². The number of hydrogen-bond acceptors (Lipinski definition) is 6. The smallest absolute Gasteiger partial charge is 0.312 e. The lowest BCUT2D eigenvalue weighted by Crippen LogP contribution is -2.59. The molecule has 3 aliphatic heterocycles. The molecule has 41 heavy (non-hydrogen) atoms. The molecule has 0 aliphatic carbocycles. The molecule has 3 aliphatic rings. The van der Waals surface area contributed by atoms with Crippen LogP contribution in [0.15, 0.2) is 55.6 Å². The van der Waals surface area contributed by atoms with Crippen molar-refractivity contribution in [2.45, 2.75) is 81.1 Å². The van der Waals surface area contributed by atoms with E-state index < -0.39 is 41.6 Å². The number of fused-ring (bicyclic) bond motifs is 1. The molecule has 3 saturated heterocycles. The summed E-state index contributed by atoms with van der Waals surface area (Å²) in [6.45, 7) is 12.1. The Labute approximate surface area is 251 Å². The van der Waals surface area contributed by atoms with Crippen LogP contribution in [0.4, 0.5) is 0 Å². The Kier molecular flexibility index (Phi) is 10.5. The largest absolute Gasteiger partial charge is 0.465 e. The quantitative estimate of drug-likeness (QED) is 0.135. The van der Waals surface area contributed by atoms with E-state index in [1.54, 1.807) is 15.9 Å². The molecule has 1 N–H and O–H groups in total. The maximum absolute atomic E-state index is 14.6. The van der Waals surface area contributed by atoms with Crippen molar-refractivity contribution in [2.75, 3.05) is 19.8 Å². The number of halogens is 1. The first-order chi connectivity index (χ1) is 19.7. The van der Waals surface area contributed by atoms with Gasteiger partial charge in [-0.25, -0.2) is 0 Å². The van der Waals surface area contributed by atoms with E-state index >= 15 is 0 Å². The number of unbranched alkanes of at least 4 members (excludes halogenated alkanes) is 2. The molecule has 9 heteroatoms. The SMILES string of the molecule is C=CCCCCOC(=O)[C@H]1[C@H]2C(=O)N([C@@H](CO)[C@@H](C)CC)C(C(=O)N(CC=C)Cc3ccccc3)C23CC(Br)[C@@H]1O3. The molecule has 2 bridgehead atoms. The van der Waals surface area contributed by atoms with Crippen molar-refractivity contribution < 1.29 is 29.0 Å². The summed E-state index contributed by atoms with van der Waals surface area (Å²) >= 11 is 3.71. The third kappa shape index (κ3) is 5.90. The van der Waals surface area contributed by atoms with Gasteiger partial charge < -0.3 is 24.4 Å². The monoisotopic (exact) mass is 630 g/mol. The van der Waals surface area contributed by atoms with Gasteiger partial charge in [-0.15, -0.1) is 13.2 Å². The number of aliphatic hydroxyl groups excluding tert-OH is 1. The molecular formula is C32H43BrN2O6. The van der Waals surface area contributed by atoms with E-state index in [-0.39, 0.29) is 42.3 Å². The van der Waals surface area contributed by atoms with Crippen molar-refractivity contribution in [1.29, 1.82) is 0 Å². The standard InChI is InChI=1S/C32H43BrN2O6/c1-5-8-9-13-17-40-31(39)25-26-29(37)35(24(20-36)21(4)7-3)28(32(26)18-23(33)27(25)41-32)30(38)34(16-6-2)19-22-14-11-10-12-15-22/h5-6,10-12,14-15,21,23-28,36H,1-2,7-9,13,16-20H2,3-4H3/t21-,23?,24-,25-,26-,27-,28?,32?/m0/s1. The highest BCUT2D eigenvalue weighted by Crippen LogP contribution is 2.61. The topological polar surface area (TPSA) is 96.4 Å². The van der Waals surface area contributed by atoms with Gasteiger partial charge in [0.1, 0.15) is 11.6 Å². The third-order valence-corrected chi connectivity index (χ3v) is 9.85. The number of ether oxygens (including phenoxy) is 2. The molecule has 3 unspecified atom stereocenters. The Hall–Kier alpha value is -2.49. The molecule has 0 saturated carbocycles. The molecule has 8 nitrogen and oxygen atoms in total. The van der Waals surface area contributed by atoms with Crippen molar-refractivity contribution in [2.24, 2.45) is 17.8 Å². The summed E-state index contributed by atoms with van der Waals surface area (Å²) in [5.74, 6) is -2.84. The van der Waals surface area contributed by atoms with Crippen molar-refractivity contribution >= 4 is 33.7 Å². The van der Waals surface area contributed by atoms with Crippen molar-refractivity contribution in [3.8, 4) is 0 Å². The van der Waals surface area contributed by atoms with Crippen LogP contribution in [-0.2, 0) is 30.4 Å². The number of rotatable bonds is 15. The van der Waals surface area contributed by atoms with Gasteiger partial charge in [-0.2, -0.15) is 0 Å². The van der Waals surface area contributed by atoms with E-state index in [0.29, 0.717) is 25.8 Å². The number of carbonyl (C=O) groups is 3. The molecule has 0 aromatic heterocycles. The zero-order chi connectivity index (χ0) is 29.7. The predicted molar refractivity (Wildman–Crippen MR) is 160 cm³/mol. The van der Waals surface area contributed by atoms with Crippen LogP contribution in [0.25, 0.3) is 0 Å². The van der Waals surface area contributed by atoms with Crippen LogP contribution in [0.3, 0.4) is 0 Å². The summed E-state index contributed by atoms with van der Waals surface area (Å²) in [7, 11) is 0. The normalized spacial score (nSPS) is 29.6. The van der Waals surface area contributed by atoms with E-state index in [2.05, 4.69) is 29.1 Å². The number of likely N-dealkylation sites (tertiary alicyclic amines) is 1. The van der Waals surface area contributed by atoms with Crippen LogP contribution in [-0.4, -0.2) is 81.1 Å². The van der Waals surface area contributed by atoms with Gasteiger partial charge in [0.05, 0.1) is 37.2 Å². The van der Waals surface area contributed by atoms with Crippen LogP contribution in [0.1, 0.15) is 51.5 Å². The minimum atomic E-state index is -1.21. The molecule has 4 rings (SSSR count). The molecule has 1 aromatic carbocycles. The van der Waals surface area contributed by atoms with Gasteiger partial charge in [-0.05, 0) is 37.2 Å². The molecular weight excluding hydrogens is 588 g/mol. The second kappa shape index (κ2) is 13.7. The number of aliphatic hydroxyl groups is 1. The number of carbonyl (C=O) groups excluding carboxylic acids is 3. The maximum Gasteiger partial charge on any atom is 0.312 e. The summed E-state index contributed by atoms with van der Waals surface area (Å²) in [6.07, 6.45) is 6.40. The highest BCUT2D eigenvalue weighted by atomic mass is 79.9. The maximum atomic E-state index is 14.6. The fourth-order valence-electron chi connectivity index (χ4n) is 6.81. The zero-order valence-electron chi connectivity index (χ0n) is 24.1. The van der Waals surface area contributed by atoms with Gasteiger partial charge in [0, 0.05) is 17.9 Å². The number of allylic oxidation sites excluding steroid dienone is 1. The summed E-state index contributed by atoms with van der Waals surface area (Å²) in [4.78, 5) is 45.5. The zero-order valence-corrected chi connectivity index (χ0v) is 25.7. The molecule has 1 aromatic rings. The molecule has 1 spiro atoms. The molecule has 3 heterocycles. The van der Waals surface area contributed by atoms with Gasteiger partial charge in [0.2, 0.25) is 11.8 Å². The molecule has 0 radical (unpaired) electrons. The Balaban J connectivity index is 1.72. The fraction of sp³-hybridized carbons (Fsp3) is 0.594. The second-order valence-electron chi connectivity index (χ2n) is 11.5. The lowest BCUT2D eigenvalue weighted by molar-refractivity contribution is -0.157. The molecule has 3 fully saturated rings. The summed E-state index contributed by atoms with van der Waals surface area (Å²) in [6, 6.07) is 8.06. The van der Waals surface area contributed by atoms with E-state index in [4.69, 9.17) is 9.47 Å². The number of nitrogens with zero attached hydrogens (tertiary/aromatic N) is 2. The van der Waals surface area contributed by atoms with Crippen LogP contribution in [0, 0.1) is 17.8 Å². The lowest BCUT2D eigenvalue weighted by Gasteiger charge is -2.41. The number of benzene rings is 1. The average molecular weight is 632 g/mol. The Morgan fingerprint density at radius 2 is 2.00 bits per heavy atom. The van der Waals surface area contributed by atoms with Gasteiger partial charge in [0.15, 0.2) is 0 Å². The first kappa shape index (κ1) is 31.4. The molecule has 224 valence electrons. The van der Waals surface area contributed by atoms with Crippen molar-refractivity contribution in [3.63, 3.8) is 0 Å². The van der Waals surface area contributed by atoms with Gasteiger partial charge in [0.25, 0.3) is 0 Å². The summed E-state index contributed by atoms with van der Waals surface area (Å²) in [5, 5.41) is 10.5. The van der Waals surface area contributed by atoms with Crippen molar-refractivity contribution in [1.82, 2.24) is 9.80 Å². The lowest BCUT2D eigenvalue weighted by atomic mass is 9.70. The number of amides is 2. The Bertz CT molecular complexity index is 1110.